The number of aryl methyl sites for hydroxylation is 1. The van der Waals surface area contributed by atoms with E-state index in [1.165, 1.54) is 11.1 Å². The third kappa shape index (κ3) is 5.32. The number of guanidine groups is 1. The molecule has 0 bridgehead atoms. The molecule has 1 saturated heterocycles. The predicted octanol–water partition coefficient (Wildman–Crippen LogP) is 3.29. The van der Waals surface area contributed by atoms with E-state index in [1.54, 1.807) is 0 Å². The highest BCUT2D eigenvalue weighted by atomic mass is 127. The van der Waals surface area contributed by atoms with E-state index < -0.39 is 0 Å². The second kappa shape index (κ2) is 9.60. The van der Waals surface area contributed by atoms with Gasteiger partial charge in [-0.3, -0.25) is 9.67 Å². The number of nitrogens with one attached hydrogen (secondary N) is 1. The third-order valence-corrected chi connectivity index (χ3v) is 4.44. The third-order valence-electron chi connectivity index (χ3n) is 4.44. The molecule has 134 valence electrons. The van der Waals surface area contributed by atoms with Gasteiger partial charge in [0, 0.05) is 33.4 Å². The number of benzene rings is 1. The van der Waals surface area contributed by atoms with E-state index >= 15 is 0 Å². The van der Waals surface area contributed by atoms with Gasteiger partial charge in [-0.1, -0.05) is 42.0 Å². The van der Waals surface area contributed by atoms with Crippen molar-refractivity contribution >= 4 is 36.0 Å². The lowest BCUT2D eigenvalue weighted by atomic mass is 10.0. The number of nitrogens with zero attached hydrogens (tertiary/aromatic N) is 4. The summed E-state index contributed by atoms with van der Waals surface area (Å²) in [6.07, 6.45) is 6.31. The summed E-state index contributed by atoms with van der Waals surface area (Å²) in [5.74, 6) is 0.968. The van der Waals surface area contributed by atoms with Crippen LogP contribution in [0.2, 0.25) is 0 Å². The largest absolute Gasteiger partial charge is 0.351 e. The summed E-state index contributed by atoms with van der Waals surface area (Å²) in [5, 5.41) is 7.64. The molecule has 0 amide bonds. The van der Waals surface area contributed by atoms with Crippen molar-refractivity contribution in [2.24, 2.45) is 12.0 Å². The van der Waals surface area contributed by atoms with Gasteiger partial charge in [0.1, 0.15) is 0 Å². The number of aliphatic imine (C=N–C) groups is 1. The van der Waals surface area contributed by atoms with Crippen LogP contribution in [0.4, 0.5) is 0 Å². The van der Waals surface area contributed by atoms with Crippen LogP contribution in [0.5, 0.6) is 0 Å². The Hall–Kier alpha value is -1.83. The SMILES string of the molecule is CN=C(NCc1ccnn1C)N1CCC(=Cc2ccccc2)CC1.I. The van der Waals surface area contributed by atoms with E-state index in [0.717, 1.165) is 44.1 Å². The van der Waals surface area contributed by atoms with Gasteiger partial charge in [-0.2, -0.15) is 5.10 Å². The van der Waals surface area contributed by atoms with Crippen molar-refractivity contribution < 1.29 is 0 Å². The van der Waals surface area contributed by atoms with E-state index in [1.807, 2.05) is 31.0 Å². The molecule has 1 aliphatic rings. The van der Waals surface area contributed by atoms with Gasteiger partial charge < -0.3 is 10.2 Å². The molecule has 0 saturated carbocycles. The van der Waals surface area contributed by atoms with Crippen molar-refractivity contribution in [3.8, 4) is 0 Å². The summed E-state index contributed by atoms with van der Waals surface area (Å²) >= 11 is 0. The van der Waals surface area contributed by atoms with Gasteiger partial charge in [-0.15, -0.1) is 24.0 Å². The summed E-state index contributed by atoms with van der Waals surface area (Å²) in [6, 6.07) is 12.6. The first-order chi connectivity index (χ1) is 11.8. The standard InChI is InChI=1S/C19H25N5.HI/c1-20-19(21-15-18-8-11-22-23(18)2)24-12-9-17(10-13-24)14-16-6-4-3-5-7-16;/h3-8,11,14H,9-10,12-13,15H2,1-2H3,(H,20,21);1H. The van der Waals surface area contributed by atoms with Crippen LogP contribution in [0.1, 0.15) is 24.1 Å². The molecule has 1 fully saturated rings. The Labute approximate surface area is 166 Å². The molecular formula is C19H26IN5. The normalized spacial score (nSPS) is 14.9. The van der Waals surface area contributed by atoms with Gasteiger partial charge in [-0.25, -0.2) is 0 Å². The van der Waals surface area contributed by atoms with E-state index in [2.05, 4.69) is 56.7 Å². The highest BCUT2D eigenvalue weighted by Gasteiger charge is 2.17. The van der Waals surface area contributed by atoms with Crippen LogP contribution in [0.3, 0.4) is 0 Å². The van der Waals surface area contributed by atoms with Gasteiger partial charge in [0.2, 0.25) is 0 Å². The maximum absolute atomic E-state index is 4.43. The fourth-order valence-corrected chi connectivity index (χ4v) is 3.01. The van der Waals surface area contributed by atoms with Gasteiger partial charge in [-0.05, 0) is 24.5 Å². The second-order valence-electron chi connectivity index (χ2n) is 6.05. The van der Waals surface area contributed by atoms with Crippen LogP contribution in [0, 0.1) is 0 Å². The van der Waals surface area contributed by atoms with Crippen LogP contribution in [-0.2, 0) is 13.6 Å². The molecule has 0 spiro atoms. The Morgan fingerprint density at radius 3 is 2.52 bits per heavy atom. The second-order valence-corrected chi connectivity index (χ2v) is 6.05. The highest BCUT2D eigenvalue weighted by Crippen LogP contribution is 2.19. The number of piperidine rings is 1. The first-order valence-electron chi connectivity index (χ1n) is 8.43. The molecule has 5 nitrogen and oxygen atoms in total. The minimum atomic E-state index is 0. The molecule has 2 aromatic rings. The Kier molecular flexibility index (Phi) is 7.49. The summed E-state index contributed by atoms with van der Waals surface area (Å²) in [4.78, 5) is 6.76. The first kappa shape index (κ1) is 19.5. The molecule has 3 rings (SSSR count). The monoisotopic (exact) mass is 451 g/mol. The van der Waals surface area contributed by atoms with Crippen LogP contribution < -0.4 is 5.32 Å². The summed E-state index contributed by atoms with van der Waals surface area (Å²) in [6.45, 7) is 2.75. The quantitative estimate of drug-likeness (QED) is 0.443. The molecule has 1 aliphatic heterocycles. The Morgan fingerprint density at radius 2 is 1.92 bits per heavy atom. The van der Waals surface area contributed by atoms with Gasteiger partial charge in [0.05, 0.1) is 12.2 Å². The zero-order valence-electron chi connectivity index (χ0n) is 14.9. The molecule has 0 unspecified atom stereocenters. The van der Waals surface area contributed by atoms with Crippen molar-refractivity contribution in [2.45, 2.75) is 19.4 Å². The maximum atomic E-state index is 4.43. The minimum absolute atomic E-state index is 0. The van der Waals surface area contributed by atoms with Crippen LogP contribution >= 0.6 is 24.0 Å². The molecule has 25 heavy (non-hydrogen) atoms. The summed E-state index contributed by atoms with van der Waals surface area (Å²) < 4.78 is 1.89. The Bertz CT molecular complexity index is 710. The van der Waals surface area contributed by atoms with E-state index in [-0.39, 0.29) is 24.0 Å². The zero-order chi connectivity index (χ0) is 16.8. The fourth-order valence-electron chi connectivity index (χ4n) is 3.01. The number of hydrogen-bond acceptors (Lipinski definition) is 2. The molecule has 1 aromatic heterocycles. The molecule has 0 radical (unpaired) electrons. The zero-order valence-corrected chi connectivity index (χ0v) is 17.2. The Morgan fingerprint density at radius 1 is 1.20 bits per heavy atom. The van der Waals surface area contributed by atoms with E-state index in [4.69, 9.17) is 0 Å². The number of likely N-dealkylation sites (tertiary alicyclic amines) is 1. The average Bonchev–Trinajstić information content (AvgIpc) is 3.03. The lowest BCUT2D eigenvalue weighted by Gasteiger charge is -2.31. The van der Waals surface area contributed by atoms with Crippen molar-refractivity contribution in [3.05, 3.63) is 59.4 Å². The van der Waals surface area contributed by atoms with Crippen molar-refractivity contribution in [2.75, 3.05) is 20.1 Å². The molecule has 1 N–H and O–H groups in total. The molecule has 6 heteroatoms. The first-order valence-corrected chi connectivity index (χ1v) is 8.43. The highest BCUT2D eigenvalue weighted by molar-refractivity contribution is 14.0. The summed E-state index contributed by atoms with van der Waals surface area (Å²) in [7, 11) is 3.81. The van der Waals surface area contributed by atoms with E-state index in [9.17, 15) is 0 Å². The van der Waals surface area contributed by atoms with Crippen LogP contribution in [0.15, 0.2) is 53.2 Å². The van der Waals surface area contributed by atoms with Crippen molar-refractivity contribution in [1.82, 2.24) is 20.0 Å². The van der Waals surface area contributed by atoms with Crippen LogP contribution in [0.25, 0.3) is 6.08 Å². The maximum Gasteiger partial charge on any atom is 0.193 e. The number of aromatic nitrogens is 2. The minimum Gasteiger partial charge on any atom is -0.351 e. The smallest absolute Gasteiger partial charge is 0.193 e. The molecule has 2 heterocycles. The molecular weight excluding hydrogens is 425 g/mol. The number of hydrogen-bond donors (Lipinski definition) is 1. The van der Waals surface area contributed by atoms with E-state index in [0.29, 0.717) is 0 Å². The van der Waals surface area contributed by atoms with Gasteiger partial charge in [0.15, 0.2) is 5.96 Å². The van der Waals surface area contributed by atoms with Crippen molar-refractivity contribution in [1.29, 1.82) is 0 Å². The van der Waals surface area contributed by atoms with Gasteiger partial charge in [0.25, 0.3) is 0 Å². The number of halogens is 1. The fraction of sp³-hybridized carbons (Fsp3) is 0.368. The Balaban J connectivity index is 0.00000225. The number of rotatable bonds is 3. The topological polar surface area (TPSA) is 45.5 Å². The lowest BCUT2D eigenvalue weighted by molar-refractivity contribution is 0.375. The molecule has 0 aliphatic carbocycles. The van der Waals surface area contributed by atoms with Gasteiger partial charge >= 0.3 is 0 Å². The molecule has 0 atom stereocenters. The van der Waals surface area contributed by atoms with Crippen LogP contribution in [-0.4, -0.2) is 40.8 Å². The average molecular weight is 451 g/mol. The summed E-state index contributed by atoms with van der Waals surface area (Å²) in [5.41, 5.74) is 3.96. The molecule has 1 aromatic carbocycles. The predicted molar refractivity (Wildman–Crippen MR) is 114 cm³/mol. The lowest BCUT2D eigenvalue weighted by Crippen LogP contribution is -2.44. The van der Waals surface area contributed by atoms with Crippen molar-refractivity contribution in [3.63, 3.8) is 0 Å².